The van der Waals surface area contributed by atoms with Crippen molar-refractivity contribution in [3.05, 3.63) is 70.8 Å². The van der Waals surface area contributed by atoms with E-state index in [4.69, 9.17) is 0 Å². The van der Waals surface area contributed by atoms with E-state index in [-0.39, 0.29) is 5.56 Å². The molecule has 0 radical (unpaired) electrons. The van der Waals surface area contributed by atoms with E-state index < -0.39 is 29.6 Å². The Morgan fingerprint density at radius 2 is 1.65 bits per heavy atom. The molecule has 1 amide bonds. The number of ether oxygens (including phenoxy) is 1. The topological polar surface area (TPSA) is 55.4 Å². The summed E-state index contributed by atoms with van der Waals surface area (Å²) >= 11 is 0. The molecule has 0 saturated carbocycles. The number of rotatable bonds is 4. The highest BCUT2D eigenvalue weighted by Gasteiger charge is 2.16. The molecule has 1 N–H and O–H groups in total. The summed E-state index contributed by atoms with van der Waals surface area (Å²) in [5.41, 5.74) is 0.819. The van der Waals surface area contributed by atoms with E-state index in [1.165, 1.54) is 37.4 Å². The third-order valence-electron chi connectivity index (χ3n) is 3.34. The predicted molar refractivity (Wildman–Crippen MR) is 80.0 cm³/mol. The first-order valence-corrected chi connectivity index (χ1v) is 6.86. The molecule has 0 saturated heterocycles. The molecule has 0 aromatic heterocycles. The van der Waals surface area contributed by atoms with Gasteiger partial charge in [0.25, 0.3) is 5.91 Å². The number of carbonyl (C=O) groups is 2. The molecule has 0 fully saturated rings. The summed E-state index contributed by atoms with van der Waals surface area (Å²) in [5.74, 6) is -2.33. The number of hydrogen-bond donors (Lipinski definition) is 1. The number of nitrogens with one attached hydrogen (secondary N) is 1. The molecule has 2 aromatic carbocycles. The molecule has 0 heterocycles. The van der Waals surface area contributed by atoms with Gasteiger partial charge in [0.1, 0.15) is 11.6 Å². The zero-order chi connectivity index (χ0) is 17.0. The van der Waals surface area contributed by atoms with Gasteiger partial charge in [0.15, 0.2) is 0 Å². The van der Waals surface area contributed by atoms with Crippen LogP contribution in [0, 0.1) is 11.6 Å². The first-order valence-electron chi connectivity index (χ1n) is 6.86. The quantitative estimate of drug-likeness (QED) is 0.880. The lowest BCUT2D eigenvalue weighted by molar-refractivity contribution is 0.0600. The van der Waals surface area contributed by atoms with Crippen molar-refractivity contribution in [2.45, 2.75) is 13.0 Å². The maximum absolute atomic E-state index is 13.7. The highest BCUT2D eigenvalue weighted by molar-refractivity contribution is 5.96. The van der Waals surface area contributed by atoms with E-state index in [1.807, 2.05) is 0 Å². The number of amides is 1. The van der Waals surface area contributed by atoms with Gasteiger partial charge in [0.05, 0.1) is 18.7 Å². The summed E-state index contributed by atoms with van der Waals surface area (Å²) in [7, 11) is 1.27. The lowest BCUT2D eigenvalue weighted by Crippen LogP contribution is -2.27. The van der Waals surface area contributed by atoms with Crippen LogP contribution in [0.3, 0.4) is 0 Å². The van der Waals surface area contributed by atoms with Crippen molar-refractivity contribution >= 4 is 11.9 Å². The SMILES string of the molecule is COC(=O)c1ccc(C(=O)N[C@H](C)c2ccc(F)cc2F)cc1. The minimum atomic E-state index is -0.723. The lowest BCUT2D eigenvalue weighted by Gasteiger charge is -2.15. The van der Waals surface area contributed by atoms with Crippen LogP contribution in [0.15, 0.2) is 42.5 Å². The van der Waals surface area contributed by atoms with Gasteiger partial charge in [0, 0.05) is 17.2 Å². The highest BCUT2D eigenvalue weighted by Crippen LogP contribution is 2.18. The van der Waals surface area contributed by atoms with E-state index in [0.29, 0.717) is 11.1 Å². The number of esters is 1. The molecule has 6 heteroatoms. The van der Waals surface area contributed by atoms with Gasteiger partial charge >= 0.3 is 5.97 Å². The molecule has 2 rings (SSSR count). The summed E-state index contributed by atoms with van der Waals surface area (Å²) in [6.07, 6.45) is 0. The molecule has 1 atom stereocenters. The van der Waals surface area contributed by atoms with Crippen LogP contribution >= 0.6 is 0 Å². The van der Waals surface area contributed by atoms with Crippen molar-refractivity contribution < 1.29 is 23.1 Å². The highest BCUT2D eigenvalue weighted by atomic mass is 19.1. The molecule has 0 aliphatic heterocycles. The standard InChI is InChI=1S/C17H15F2NO3/c1-10(14-8-7-13(18)9-15(14)19)20-16(21)11-3-5-12(6-4-11)17(22)23-2/h3-10H,1-2H3,(H,20,21)/t10-/m1/s1. The van der Waals surface area contributed by atoms with Crippen LogP contribution in [0.2, 0.25) is 0 Å². The molecule has 0 aliphatic carbocycles. The summed E-state index contributed by atoms with van der Waals surface area (Å²) in [6, 6.07) is 8.41. The lowest BCUT2D eigenvalue weighted by atomic mass is 10.1. The van der Waals surface area contributed by atoms with Crippen molar-refractivity contribution in [3.63, 3.8) is 0 Å². The Morgan fingerprint density at radius 3 is 2.22 bits per heavy atom. The van der Waals surface area contributed by atoms with E-state index in [1.54, 1.807) is 6.92 Å². The molecular formula is C17H15F2NO3. The monoisotopic (exact) mass is 319 g/mol. The molecule has 0 aliphatic rings. The number of carbonyl (C=O) groups excluding carboxylic acids is 2. The molecule has 2 aromatic rings. The van der Waals surface area contributed by atoms with Gasteiger partial charge in [-0.25, -0.2) is 13.6 Å². The van der Waals surface area contributed by atoms with Gasteiger partial charge < -0.3 is 10.1 Å². The average Bonchev–Trinajstić information content (AvgIpc) is 2.54. The minimum Gasteiger partial charge on any atom is -0.465 e. The fraction of sp³-hybridized carbons (Fsp3) is 0.176. The van der Waals surface area contributed by atoms with E-state index >= 15 is 0 Å². The maximum Gasteiger partial charge on any atom is 0.337 e. The summed E-state index contributed by atoms with van der Waals surface area (Å²) in [4.78, 5) is 23.5. The molecule has 0 bridgehead atoms. The van der Waals surface area contributed by atoms with Crippen LogP contribution in [0.25, 0.3) is 0 Å². The molecule has 120 valence electrons. The van der Waals surface area contributed by atoms with Crippen molar-refractivity contribution in [2.75, 3.05) is 7.11 Å². The summed E-state index contributed by atoms with van der Waals surface area (Å²) < 4.78 is 31.2. The third kappa shape index (κ3) is 3.91. The second-order valence-corrected chi connectivity index (χ2v) is 4.93. The van der Waals surface area contributed by atoms with Gasteiger partial charge in [-0.2, -0.15) is 0 Å². The van der Waals surface area contributed by atoms with Gasteiger partial charge in [-0.1, -0.05) is 6.07 Å². The van der Waals surface area contributed by atoms with Gasteiger partial charge in [0.2, 0.25) is 0 Å². The Morgan fingerprint density at radius 1 is 1.04 bits per heavy atom. The summed E-state index contributed by atoms with van der Waals surface area (Å²) in [6.45, 7) is 1.59. The van der Waals surface area contributed by atoms with E-state index in [0.717, 1.165) is 12.1 Å². The maximum atomic E-state index is 13.7. The second kappa shape index (κ2) is 7.00. The van der Waals surface area contributed by atoms with Gasteiger partial charge in [-0.05, 0) is 37.3 Å². The van der Waals surface area contributed by atoms with Gasteiger partial charge in [-0.15, -0.1) is 0 Å². The number of hydrogen-bond acceptors (Lipinski definition) is 3. The smallest absolute Gasteiger partial charge is 0.337 e. The largest absolute Gasteiger partial charge is 0.465 e. The Hall–Kier alpha value is -2.76. The predicted octanol–water partition coefficient (Wildman–Crippen LogP) is 3.24. The van der Waals surface area contributed by atoms with Crippen molar-refractivity contribution in [2.24, 2.45) is 0 Å². The normalized spacial score (nSPS) is 11.7. The fourth-order valence-electron chi connectivity index (χ4n) is 2.09. The van der Waals surface area contributed by atoms with E-state index in [9.17, 15) is 18.4 Å². The summed E-state index contributed by atoms with van der Waals surface area (Å²) in [5, 5.41) is 2.62. The fourth-order valence-corrected chi connectivity index (χ4v) is 2.09. The second-order valence-electron chi connectivity index (χ2n) is 4.93. The molecule has 0 unspecified atom stereocenters. The third-order valence-corrected chi connectivity index (χ3v) is 3.34. The van der Waals surface area contributed by atoms with Crippen LogP contribution in [0.5, 0.6) is 0 Å². The molecular weight excluding hydrogens is 304 g/mol. The van der Waals surface area contributed by atoms with Crippen LogP contribution in [0.1, 0.15) is 39.2 Å². The number of halogens is 2. The zero-order valence-corrected chi connectivity index (χ0v) is 12.6. The van der Waals surface area contributed by atoms with Crippen LogP contribution < -0.4 is 5.32 Å². The van der Waals surface area contributed by atoms with Crippen molar-refractivity contribution in [1.82, 2.24) is 5.32 Å². The number of methoxy groups -OCH3 is 1. The Balaban J connectivity index is 2.10. The number of benzene rings is 2. The van der Waals surface area contributed by atoms with Crippen LogP contribution in [-0.4, -0.2) is 19.0 Å². The molecule has 23 heavy (non-hydrogen) atoms. The Labute approximate surface area is 132 Å². The van der Waals surface area contributed by atoms with Crippen molar-refractivity contribution in [3.8, 4) is 0 Å². The van der Waals surface area contributed by atoms with Crippen LogP contribution in [-0.2, 0) is 4.74 Å². The Bertz CT molecular complexity index is 729. The first kappa shape index (κ1) is 16.6. The average molecular weight is 319 g/mol. The van der Waals surface area contributed by atoms with Gasteiger partial charge in [-0.3, -0.25) is 4.79 Å². The first-order chi connectivity index (χ1) is 10.9. The van der Waals surface area contributed by atoms with Crippen molar-refractivity contribution in [1.29, 1.82) is 0 Å². The minimum absolute atomic E-state index is 0.186. The Kier molecular flexibility index (Phi) is 5.05. The molecule has 0 spiro atoms. The van der Waals surface area contributed by atoms with Crippen LogP contribution in [0.4, 0.5) is 8.78 Å². The molecule has 4 nitrogen and oxygen atoms in total. The zero-order valence-electron chi connectivity index (χ0n) is 12.6. The van der Waals surface area contributed by atoms with E-state index in [2.05, 4.69) is 10.1 Å².